The van der Waals surface area contributed by atoms with Crippen LogP contribution in [0.15, 0.2) is 48.5 Å². The van der Waals surface area contributed by atoms with Gasteiger partial charge in [0.05, 0.1) is 13.2 Å². The molecule has 2 aromatic carbocycles. The summed E-state index contributed by atoms with van der Waals surface area (Å²) in [7, 11) is 1.61. The van der Waals surface area contributed by atoms with Crippen LogP contribution in [0.4, 0.5) is 0 Å². The fourth-order valence-corrected chi connectivity index (χ4v) is 3.53. The molecule has 1 saturated heterocycles. The Balaban J connectivity index is 1.71. The molecule has 0 aliphatic carbocycles. The van der Waals surface area contributed by atoms with Crippen molar-refractivity contribution in [2.75, 3.05) is 26.7 Å². The second-order valence-corrected chi connectivity index (χ2v) is 6.63. The van der Waals surface area contributed by atoms with Crippen molar-refractivity contribution in [3.8, 4) is 5.75 Å². The van der Waals surface area contributed by atoms with Crippen LogP contribution < -0.4 is 10.1 Å². The van der Waals surface area contributed by atoms with Crippen molar-refractivity contribution in [3.05, 3.63) is 64.7 Å². The van der Waals surface area contributed by atoms with E-state index in [1.54, 1.807) is 31.4 Å². The van der Waals surface area contributed by atoms with Crippen molar-refractivity contribution in [1.29, 1.82) is 0 Å². The number of amides is 1. The largest absolute Gasteiger partial charge is 0.497 e. The third-order valence-electron chi connectivity index (χ3n) is 4.65. The van der Waals surface area contributed by atoms with Gasteiger partial charge < -0.3 is 10.1 Å². The molecular weight excluding hydrogens is 336 g/mol. The fraction of sp³-hybridized carbons (Fsp3) is 0.350. The van der Waals surface area contributed by atoms with Gasteiger partial charge in [0.1, 0.15) is 5.75 Å². The summed E-state index contributed by atoms with van der Waals surface area (Å²) in [5.41, 5.74) is 1.70. The maximum Gasteiger partial charge on any atom is 0.251 e. The van der Waals surface area contributed by atoms with Crippen molar-refractivity contribution in [2.45, 2.75) is 18.9 Å². The Hall–Kier alpha value is -2.04. The van der Waals surface area contributed by atoms with Gasteiger partial charge in [0.2, 0.25) is 0 Å². The number of benzene rings is 2. The van der Waals surface area contributed by atoms with Crippen LogP contribution in [0.1, 0.15) is 34.8 Å². The van der Waals surface area contributed by atoms with E-state index in [0.717, 1.165) is 29.4 Å². The second kappa shape index (κ2) is 8.37. The maximum absolute atomic E-state index is 12.5. The minimum atomic E-state index is -0.0843. The van der Waals surface area contributed by atoms with Crippen LogP contribution in [0.2, 0.25) is 5.02 Å². The van der Waals surface area contributed by atoms with Crippen molar-refractivity contribution in [3.63, 3.8) is 0 Å². The molecule has 0 saturated carbocycles. The normalized spacial score (nSPS) is 15.8. The number of methoxy groups -OCH3 is 1. The lowest BCUT2D eigenvalue weighted by molar-refractivity contribution is 0.0938. The number of hydrogen-bond donors (Lipinski definition) is 1. The van der Waals surface area contributed by atoms with Crippen LogP contribution in [-0.4, -0.2) is 37.6 Å². The highest BCUT2D eigenvalue weighted by Gasteiger charge is 2.25. The summed E-state index contributed by atoms with van der Waals surface area (Å²) < 4.78 is 5.13. The van der Waals surface area contributed by atoms with E-state index in [-0.39, 0.29) is 11.9 Å². The second-order valence-electron chi connectivity index (χ2n) is 6.22. The molecule has 0 radical (unpaired) electrons. The van der Waals surface area contributed by atoms with E-state index >= 15 is 0 Å². The average Bonchev–Trinajstić information content (AvgIpc) is 3.17. The van der Waals surface area contributed by atoms with Gasteiger partial charge in [0, 0.05) is 17.1 Å². The van der Waals surface area contributed by atoms with E-state index in [0.29, 0.717) is 12.1 Å². The molecule has 0 bridgehead atoms. The first-order valence-electron chi connectivity index (χ1n) is 8.60. The molecule has 1 aliphatic heterocycles. The monoisotopic (exact) mass is 358 g/mol. The number of carbonyl (C=O) groups excluding carboxylic acids is 1. The molecule has 1 N–H and O–H groups in total. The Morgan fingerprint density at radius 3 is 2.48 bits per heavy atom. The number of carbonyl (C=O) groups is 1. The number of hydrogen-bond acceptors (Lipinski definition) is 3. The zero-order chi connectivity index (χ0) is 17.6. The Bertz CT molecular complexity index is 712. The summed E-state index contributed by atoms with van der Waals surface area (Å²) >= 11 is 6.41. The number of ether oxygens (including phenoxy) is 1. The molecule has 1 fully saturated rings. The predicted molar refractivity (Wildman–Crippen MR) is 100 cm³/mol. The van der Waals surface area contributed by atoms with Gasteiger partial charge in [-0.2, -0.15) is 0 Å². The fourth-order valence-electron chi connectivity index (χ4n) is 3.27. The average molecular weight is 359 g/mol. The minimum Gasteiger partial charge on any atom is -0.497 e. The van der Waals surface area contributed by atoms with Gasteiger partial charge in [-0.3, -0.25) is 9.69 Å². The molecule has 1 atom stereocenters. The first kappa shape index (κ1) is 17.8. The lowest BCUT2D eigenvalue weighted by Gasteiger charge is -2.29. The Labute approximate surface area is 153 Å². The van der Waals surface area contributed by atoms with E-state index < -0.39 is 0 Å². The molecule has 0 spiro atoms. The van der Waals surface area contributed by atoms with Gasteiger partial charge in [0.15, 0.2) is 0 Å². The molecule has 2 aromatic rings. The first-order valence-corrected chi connectivity index (χ1v) is 8.97. The van der Waals surface area contributed by atoms with Gasteiger partial charge >= 0.3 is 0 Å². The molecule has 132 valence electrons. The summed E-state index contributed by atoms with van der Waals surface area (Å²) in [6.45, 7) is 2.61. The summed E-state index contributed by atoms with van der Waals surface area (Å²) in [5, 5.41) is 3.81. The summed E-state index contributed by atoms with van der Waals surface area (Å²) in [5.74, 6) is 0.654. The highest BCUT2D eigenvalue weighted by Crippen LogP contribution is 2.29. The molecule has 1 amide bonds. The quantitative estimate of drug-likeness (QED) is 0.851. The predicted octanol–water partition coefficient (Wildman–Crippen LogP) is 3.92. The number of rotatable bonds is 6. The van der Waals surface area contributed by atoms with Crippen LogP contribution in [0.3, 0.4) is 0 Å². The van der Waals surface area contributed by atoms with Crippen LogP contribution in [0.25, 0.3) is 0 Å². The number of nitrogens with one attached hydrogen (secondary N) is 1. The van der Waals surface area contributed by atoms with Crippen LogP contribution in [0.5, 0.6) is 5.75 Å². The van der Waals surface area contributed by atoms with Gasteiger partial charge in [0.25, 0.3) is 5.91 Å². The van der Waals surface area contributed by atoms with Crippen molar-refractivity contribution >= 4 is 17.5 Å². The summed E-state index contributed by atoms with van der Waals surface area (Å²) in [4.78, 5) is 14.9. The molecule has 0 aromatic heterocycles. The molecule has 25 heavy (non-hydrogen) atoms. The zero-order valence-corrected chi connectivity index (χ0v) is 15.1. The molecule has 1 aliphatic rings. The third-order valence-corrected chi connectivity index (χ3v) is 5.00. The SMILES string of the molecule is COc1ccc(C(=O)NCC(c2ccccc2Cl)N2CCCC2)cc1. The van der Waals surface area contributed by atoms with E-state index in [1.807, 2.05) is 24.3 Å². The molecule has 4 nitrogen and oxygen atoms in total. The summed E-state index contributed by atoms with van der Waals surface area (Å²) in [6, 6.07) is 15.1. The Morgan fingerprint density at radius 1 is 1.16 bits per heavy atom. The third kappa shape index (κ3) is 4.33. The number of likely N-dealkylation sites (tertiary alicyclic amines) is 1. The molecular formula is C20H23ClN2O2. The highest BCUT2D eigenvalue weighted by molar-refractivity contribution is 6.31. The van der Waals surface area contributed by atoms with E-state index in [2.05, 4.69) is 10.2 Å². The highest BCUT2D eigenvalue weighted by atomic mass is 35.5. The van der Waals surface area contributed by atoms with Gasteiger partial charge in [-0.1, -0.05) is 29.8 Å². The summed E-state index contributed by atoms with van der Waals surface area (Å²) in [6.07, 6.45) is 2.38. The van der Waals surface area contributed by atoms with Gasteiger partial charge in [-0.25, -0.2) is 0 Å². The minimum absolute atomic E-state index is 0.0843. The van der Waals surface area contributed by atoms with Crippen LogP contribution in [0, 0.1) is 0 Å². The standard InChI is InChI=1S/C20H23ClN2O2/c1-25-16-10-8-15(9-11-16)20(24)22-14-19(23-12-4-5-13-23)17-6-2-3-7-18(17)21/h2-3,6-11,19H,4-5,12-14H2,1H3,(H,22,24). The van der Waals surface area contributed by atoms with Gasteiger partial charge in [-0.15, -0.1) is 0 Å². The maximum atomic E-state index is 12.5. The smallest absolute Gasteiger partial charge is 0.251 e. The number of halogens is 1. The lowest BCUT2D eigenvalue weighted by Crippen LogP contribution is -2.37. The molecule has 3 rings (SSSR count). The molecule has 5 heteroatoms. The van der Waals surface area contributed by atoms with E-state index in [9.17, 15) is 4.79 Å². The van der Waals surface area contributed by atoms with Crippen LogP contribution in [-0.2, 0) is 0 Å². The Kier molecular flexibility index (Phi) is 5.95. The van der Waals surface area contributed by atoms with Crippen molar-refractivity contribution in [1.82, 2.24) is 10.2 Å². The zero-order valence-electron chi connectivity index (χ0n) is 14.4. The van der Waals surface area contributed by atoms with Gasteiger partial charge in [-0.05, 0) is 61.8 Å². The topological polar surface area (TPSA) is 41.6 Å². The first-order chi connectivity index (χ1) is 12.2. The molecule has 1 unspecified atom stereocenters. The molecule has 1 heterocycles. The van der Waals surface area contributed by atoms with Crippen LogP contribution >= 0.6 is 11.6 Å². The van der Waals surface area contributed by atoms with Crippen molar-refractivity contribution < 1.29 is 9.53 Å². The van der Waals surface area contributed by atoms with E-state index in [4.69, 9.17) is 16.3 Å². The Morgan fingerprint density at radius 2 is 1.84 bits per heavy atom. The van der Waals surface area contributed by atoms with Crippen molar-refractivity contribution in [2.24, 2.45) is 0 Å². The van der Waals surface area contributed by atoms with E-state index in [1.165, 1.54) is 12.8 Å². The number of nitrogens with zero attached hydrogens (tertiary/aromatic N) is 1. The lowest BCUT2D eigenvalue weighted by atomic mass is 10.0.